The highest BCUT2D eigenvalue weighted by molar-refractivity contribution is 5.89. The zero-order chi connectivity index (χ0) is 19.6. The van der Waals surface area contributed by atoms with E-state index in [0.29, 0.717) is 17.9 Å². The average molecular weight is 369 g/mol. The van der Waals surface area contributed by atoms with Crippen LogP contribution in [0.3, 0.4) is 0 Å². The highest BCUT2D eigenvalue weighted by Gasteiger charge is 2.17. The third-order valence-electron chi connectivity index (χ3n) is 4.15. The van der Waals surface area contributed by atoms with Crippen molar-refractivity contribution in [2.75, 3.05) is 6.61 Å². The van der Waals surface area contributed by atoms with Crippen LogP contribution >= 0.6 is 0 Å². The number of rotatable bonds is 9. The lowest BCUT2D eigenvalue weighted by atomic mass is 10.1. The summed E-state index contributed by atoms with van der Waals surface area (Å²) in [6.45, 7) is 5.79. The van der Waals surface area contributed by atoms with Crippen LogP contribution in [0.2, 0.25) is 0 Å². The molecule has 2 aromatic rings. The van der Waals surface area contributed by atoms with Crippen LogP contribution in [0, 0.1) is 0 Å². The Kier molecular flexibility index (Phi) is 7.86. The fourth-order valence-electron chi connectivity index (χ4n) is 2.60. The smallest absolute Gasteiger partial charge is 0.338 e. The first-order valence-corrected chi connectivity index (χ1v) is 9.27. The van der Waals surface area contributed by atoms with E-state index in [1.807, 2.05) is 25.1 Å². The van der Waals surface area contributed by atoms with E-state index in [-0.39, 0.29) is 17.9 Å². The van der Waals surface area contributed by atoms with Crippen molar-refractivity contribution in [2.45, 2.75) is 45.8 Å². The fourth-order valence-corrected chi connectivity index (χ4v) is 2.60. The average Bonchev–Trinajstić information content (AvgIpc) is 2.68. The third-order valence-corrected chi connectivity index (χ3v) is 4.15. The number of carbonyl (C=O) groups excluding carboxylic acids is 2. The Labute approximate surface area is 160 Å². The second-order valence-electron chi connectivity index (χ2n) is 6.44. The van der Waals surface area contributed by atoms with Crippen LogP contribution in [-0.2, 0) is 16.0 Å². The number of amides is 1. The molecule has 0 radical (unpaired) electrons. The molecule has 0 spiro atoms. The molecule has 0 heterocycles. The summed E-state index contributed by atoms with van der Waals surface area (Å²) in [5.74, 6) is -0.00486. The molecule has 1 N–H and O–H groups in total. The number of esters is 1. The summed E-state index contributed by atoms with van der Waals surface area (Å²) in [7, 11) is 0. The van der Waals surface area contributed by atoms with E-state index in [1.54, 1.807) is 38.1 Å². The first-order chi connectivity index (χ1) is 13.0. The van der Waals surface area contributed by atoms with Crippen molar-refractivity contribution in [2.24, 2.45) is 0 Å². The van der Waals surface area contributed by atoms with Gasteiger partial charge in [-0.3, -0.25) is 4.79 Å². The van der Waals surface area contributed by atoms with E-state index in [9.17, 15) is 9.59 Å². The molecule has 144 valence electrons. The van der Waals surface area contributed by atoms with Gasteiger partial charge in [0, 0.05) is 6.04 Å². The first-order valence-electron chi connectivity index (χ1n) is 9.27. The molecule has 2 aromatic carbocycles. The molecule has 0 saturated carbocycles. The van der Waals surface area contributed by atoms with Crippen LogP contribution in [0.5, 0.6) is 5.75 Å². The Balaban J connectivity index is 1.79. The van der Waals surface area contributed by atoms with Gasteiger partial charge in [0.05, 0.1) is 12.2 Å². The van der Waals surface area contributed by atoms with Crippen molar-refractivity contribution in [1.29, 1.82) is 0 Å². The molecule has 0 unspecified atom stereocenters. The largest absolute Gasteiger partial charge is 0.481 e. The SMILES string of the molecule is CCOC(=O)c1ccc(O[C@@H](C)C(=O)N[C@H](C)CCc2ccccc2)cc1. The number of carbonyl (C=O) groups is 2. The number of nitrogens with one attached hydrogen (secondary N) is 1. The minimum absolute atomic E-state index is 0.0509. The molecule has 0 fully saturated rings. The monoisotopic (exact) mass is 369 g/mol. The molecule has 5 nitrogen and oxygen atoms in total. The lowest BCUT2D eigenvalue weighted by molar-refractivity contribution is -0.127. The quantitative estimate of drug-likeness (QED) is 0.684. The van der Waals surface area contributed by atoms with Gasteiger partial charge in [-0.05, 0) is 63.4 Å². The lowest BCUT2D eigenvalue weighted by Gasteiger charge is -2.19. The molecule has 0 saturated heterocycles. The molecular weight excluding hydrogens is 342 g/mol. The van der Waals surface area contributed by atoms with Crippen LogP contribution in [0.1, 0.15) is 43.1 Å². The van der Waals surface area contributed by atoms with Gasteiger partial charge in [-0.1, -0.05) is 30.3 Å². The van der Waals surface area contributed by atoms with E-state index in [2.05, 4.69) is 17.4 Å². The fraction of sp³-hybridized carbons (Fsp3) is 0.364. The van der Waals surface area contributed by atoms with Crippen molar-refractivity contribution >= 4 is 11.9 Å². The topological polar surface area (TPSA) is 64.6 Å². The summed E-state index contributed by atoms with van der Waals surface area (Å²) in [4.78, 5) is 24.0. The van der Waals surface area contributed by atoms with E-state index >= 15 is 0 Å². The van der Waals surface area contributed by atoms with Crippen LogP contribution in [0.25, 0.3) is 0 Å². The van der Waals surface area contributed by atoms with Crippen molar-refractivity contribution in [3.63, 3.8) is 0 Å². The Morgan fingerprint density at radius 2 is 1.67 bits per heavy atom. The summed E-state index contributed by atoms with van der Waals surface area (Å²) >= 11 is 0. The van der Waals surface area contributed by atoms with E-state index in [4.69, 9.17) is 9.47 Å². The van der Waals surface area contributed by atoms with Crippen molar-refractivity contribution in [3.05, 3.63) is 65.7 Å². The normalized spacial score (nSPS) is 12.7. The third kappa shape index (κ3) is 6.77. The molecule has 0 bridgehead atoms. The van der Waals surface area contributed by atoms with Crippen LogP contribution in [0.4, 0.5) is 0 Å². The molecule has 2 atom stereocenters. The maximum absolute atomic E-state index is 12.3. The summed E-state index contributed by atoms with van der Waals surface area (Å²) in [6, 6.07) is 16.8. The Morgan fingerprint density at radius 3 is 2.30 bits per heavy atom. The van der Waals surface area contributed by atoms with Gasteiger partial charge in [-0.2, -0.15) is 0 Å². The molecule has 0 aliphatic carbocycles. The van der Waals surface area contributed by atoms with Gasteiger partial charge in [0.15, 0.2) is 6.10 Å². The van der Waals surface area contributed by atoms with Gasteiger partial charge >= 0.3 is 5.97 Å². The maximum atomic E-state index is 12.3. The Hall–Kier alpha value is -2.82. The summed E-state index contributed by atoms with van der Waals surface area (Å²) in [6.07, 6.45) is 1.14. The van der Waals surface area contributed by atoms with Crippen molar-refractivity contribution in [1.82, 2.24) is 5.32 Å². The standard InChI is InChI=1S/C22H27NO4/c1-4-26-22(25)19-12-14-20(15-13-19)27-17(3)21(24)23-16(2)10-11-18-8-6-5-7-9-18/h5-9,12-17H,4,10-11H2,1-3H3,(H,23,24)/t16-,17+/m1/s1. The number of aryl methyl sites for hydroxylation is 1. The van der Waals surface area contributed by atoms with E-state index < -0.39 is 6.10 Å². The van der Waals surface area contributed by atoms with Gasteiger partial charge in [-0.15, -0.1) is 0 Å². The molecule has 2 rings (SSSR count). The second kappa shape index (κ2) is 10.4. The molecule has 0 aliphatic heterocycles. The summed E-state index contributed by atoms with van der Waals surface area (Å²) in [5, 5.41) is 2.98. The predicted octanol–water partition coefficient (Wildman–Crippen LogP) is 3.77. The summed E-state index contributed by atoms with van der Waals surface area (Å²) in [5.41, 5.74) is 1.71. The Morgan fingerprint density at radius 1 is 1.00 bits per heavy atom. The highest BCUT2D eigenvalue weighted by atomic mass is 16.5. The second-order valence-corrected chi connectivity index (χ2v) is 6.44. The zero-order valence-electron chi connectivity index (χ0n) is 16.1. The van der Waals surface area contributed by atoms with Gasteiger partial charge in [0.25, 0.3) is 5.91 Å². The van der Waals surface area contributed by atoms with Crippen molar-refractivity contribution in [3.8, 4) is 5.75 Å². The van der Waals surface area contributed by atoms with Crippen molar-refractivity contribution < 1.29 is 19.1 Å². The minimum atomic E-state index is -0.627. The molecule has 5 heteroatoms. The van der Waals surface area contributed by atoms with Crippen LogP contribution in [-0.4, -0.2) is 30.6 Å². The zero-order valence-corrected chi connectivity index (χ0v) is 16.1. The molecule has 0 aliphatic rings. The molecule has 0 aromatic heterocycles. The molecular formula is C22H27NO4. The van der Waals surface area contributed by atoms with Gasteiger partial charge < -0.3 is 14.8 Å². The van der Waals surface area contributed by atoms with E-state index in [0.717, 1.165) is 12.8 Å². The highest BCUT2D eigenvalue weighted by Crippen LogP contribution is 2.15. The predicted molar refractivity (Wildman–Crippen MR) is 105 cm³/mol. The first kappa shape index (κ1) is 20.5. The minimum Gasteiger partial charge on any atom is -0.481 e. The lowest BCUT2D eigenvalue weighted by Crippen LogP contribution is -2.41. The van der Waals surface area contributed by atoms with Gasteiger partial charge in [-0.25, -0.2) is 4.79 Å². The van der Waals surface area contributed by atoms with Crippen LogP contribution in [0.15, 0.2) is 54.6 Å². The Bertz CT molecular complexity index is 728. The van der Waals surface area contributed by atoms with Gasteiger partial charge in [0.2, 0.25) is 0 Å². The van der Waals surface area contributed by atoms with E-state index in [1.165, 1.54) is 5.56 Å². The van der Waals surface area contributed by atoms with Gasteiger partial charge in [0.1, 0.15) is 5.75 Å². The number of benzene rings is 2. The molecule has 1 amide bonds. The number of ether oxygens (including phenoxy) is 2. The maximum Gasteiger partial charge on any atom is 0.338 e. The number of hydrogen-bond donors (Lipinski definition) is 1. The van der Waals surface area contributed by atoms with Crippen LogP contribution < -0.4 is 10.1 Å². The number of hydrogen-bond acceptors (Lipinski definition) is 4. The summed E-state index contributed by atoms with van der Waals surface area (Å²) < 4.78 is 10.6. The molecule has 27 heavy (non-hydrogen) atoms.